The van der Waals surface area contributed by atoms with Crippen LogP contribution in [0, 0.1) is 20.8 Å². The average Bonchev–Trinajstić information content (AvgIpc) is 3.21. The predicted octanol–water partition coefficient (Wildman–Crippen LogP) is 1.75. The minimum absolute atomic E-state index is 0.544. The van der Waals surface area contributed by atoms with Gasteiger partial charge < -0.3 is 0 Å². The van der Waals surface area contributed by atoms with E-state index in [1.165, 1.54) is 6.33 Å². The first kappa shape index (κ1) is 13.0. The van der Waals surface area contributed by atoms with Crippen LogP contribution in [0.5, 0.6) is 0 Å². The molecule has 0 aliphatic rings. The molecule has 4 heterocycles. The van der Waals surface area contributed by atoms with Gasteiger partial charge in [-0.1, -0.05) is 0 Å². The van der Waals surface area contributed by atoms with Crippen LogP contribution in [-0.4, -0.2) is 39.3 Å². The molecule has 9 heteroatoms. The maximum atomic E-state index is 4.63. The topological polar surface area (TPSA) is 86.7 Å². The zero-order valence-corrected chi connectivity index (χ0v) is 13.0. The number of fused-ring (bicyclic) bond motifs is 1. The van der Waals surface area contributed by atoms with Gasteiger partial charge in [-0.3, -0.25) is 0 Å². The molecule has 4 rings (SSSR count). The standard InChI is InChI=1S/C13H12N8S/c1-7-11-13(20-6-14-5-15-20)18-12(10-4-22-9(3)17-10)19-21(11)8(2)16-7/h4-6H,1-3H3. The summed E-state index contributed by atoms with van der Waals surface area (Å²) in [7, 11) is 0. The molecule has 0 aliphatic heterocycles. The summed E-state index contributed by atoms with van der Waals surface area (Å²) in [6, 6.07) is 0. The van der Waals surface area contributed by atoms with Crippen molar-refractivity contribution in [2.24, 2.45) is 0 Å². The fourth-order valence-electron chi connectivity index (χ4n) is 2.36. The van der Waals surface area contributed by atoms with Gasteiger partial charge >= 0.3 is 0 Å². The molecule has 0 bridgehead atoms. The van der Waals surface area contributed by atoms with E-state index in [9.17, 15) is 0 Å². The monoisotopic (exact) mass is 312 g/mol. The van der Waals surface area contributed by atoms with E-state index < -0.39 is 0 Å². The van der Waals surface area contributed by atoms with Crippen LogP contribution in [-0.2, 0) is 0 Å². The molecule has 22 heavy (non-hydrogen) atoms. The number of thiazole rings is 1. The Morgan fingerprint density at radius 3 is 2.64 bits per heavy atom. The van der Waals surface area contributed by atoms with Gasteiger partial charge in [0.05, 0.1) is 10.7 Å². The van der Waals surface area contributed by atoms with E-state index in [2.05, 4.69) is 30.1 Å². The van der Waals surface area contributed by atoms with E-state index >= 15 is 0 Å². The number of rotatable bonds is 2. The van der Waals surface area contributed by atoms with Crippen molar-refractivity contribution in [1.29, 1.82) is 0 Å². The van der Waals surface area contributed by atoms with Crippen LogP contribution in [0.4, 0.5) is 0 Å². The zero-order chi connectivity index (χ0) is 15.3. The first-order chi connectivity index (χ1) is 10.6. The van der Waals surface area contributed by atoms with E-state index in [0.29, 0.717) is 11.6 Å². The Bertz CT molecular complexity index is 966. The molecule has 0 radical (unpaired) electrons. The molecule has 4 aromatic rings. The lowest BCUT2D eigenvalue weighted by Crippen LogP contribution is -2.08. The van der Waals surface area contributed by atoms with E-state index in [1.54, 1.807) is 26.9 Å². The van der Waals surface area contributed by atoms with Gasteiger partial charge in [0.1, 0.15) is 29.7 Å². The van der Waals surface area contributed by atoms with Crippen LogP contribution >= 0.6 is 11.3 Å². The van der Waals surface area contributed by atoms with Gasteiger partial charge in [0.15, 0.2) is 5.82 Å². The second kappa shape index (κ2) is 4.67. The zero-order valence-electron chi connectivity index (χ0n) is 12.2. The summed E-state index contributed by atoms with van der Waals surface area (Å²) in [6.07, 6.45) is 3.09. The quantitative estimate of drug-likeness (QED) is 0.560. The van der Waals surface area contributed by atoms with Crippen molar-refractivity contribution < 1.29 is 0 Å². The third kappa shape index (κ3) is 1.90. The van der Waals surface area contributed by atoms with Gasteiger partial charge in [0.2, 0.25) is 5.82 Å². The highest BCUT2D eigenvalue weighted by molar-refractivity contribution is 7.09. The number of imidazole rings is 1. The minimum atomic E-state index is 0.544. The first-order valence-electron chi connectivity index (χ1n) is 6.65. The number of aromatic nitrogens is 8. The Morgan fingerprint density at radius 1 is 1.09 bits per heavy atom. The Kier molecular flexibility index (Phi) is 2.76. The summed E-state index contributed by atoms with van der Waals surface area (Å²) in [4.78, 5) is 17.6. The summed E-state index contributed by atoms with van der Waals surface area (Å²) in [5, 5.41) is 11.7. The van der Waals surface area contributed by atoms with Crippen LogP contribution < -0.4 is 0 Å². The van der Waals surface area contributed by atoms with Crippen molar-refractivity contribution in [3.05, 3.63) is 34.6 Å². The van der Waals surface area contributed by atoms with Gasteiger partial charge in [0, 0.05) is 5.38 Å². The molecule has 8 nitrogen and oxygen atoms in total. The summed E-state index contributed by atoms with van der Waals surface area (Å²) in [5.41, 5.74) is 2.42. The smallest absolute Gasteiger partial charge is 0.201 e. The van der Waals surface area contributed by atoms with Crippen LogP contribution in [0.25, 0.3) is 22.9 Å². The summed E-state index contributed by atoms with van der Waals surface area (Å²) < 4.78 is 3.40. The van der Waals surface area contributed by atoms with Crippen LogP contribution in [0.1, 0.15) is 16.5 Å². The number of hydrogen-bond donors (Lipinski definition) is 0. The van der Waals surface area contributed by atoms with Gasteiger partial charge in [-0.25, -0.2) is 29.1 Å². The highest BCUT2D eigenvalue weighted by atomic mass is 32.1. The maximum absolute atomic E-state index is 4.63. The van der Waals surface area contributed by atoms with Crippen molar-refractivity contribution in [2.45, 2.75) is 20.8 Å². The van der Waals surface area contributed by atoms with Gasteiger partial charge in [-0.05, 0) is 20.8 Å². The Hall–Kier alpha value is -2.68. The van der Waals surface area contributed by atoms with Crippen molar-refractivity contribution in [3.63, 3.8) is 0 Å². The van der Waals surface area contributed by atoms with E-state index in [0.717, 1.165) is 27.7 Å². The second-order valence-corrected chi connectivity index (χ2v) is 5.92. The molecule has 0 saturated carbocycles. The molecular formula is C13H12N8S. The third-order valence-electron chi connectivity index (χ3n) is 3.29. The molecule has 110 valence electrons. The normalized spacial score (nSPS) is 11.4. The van der Waals surface area contributed by atoms with Crippen LogP contribution in [0.3, 0.4) is 0 Å². The molecular weight excluding hydrogens is 300 g/mol. The number of aryl methyl sites for hydroxylation is 3. The maximum Gasteiger partial charge on any atom is 0.201 e. The Labute approximate surface area is 129 Å². The molecule has 0 aliphatic carbocycles. The molecule has 0 unspecified atom stereocenters. The van der Waals surface area contributed by atoms with E-state index in [4.69, 9.17) is 0 Å². The average molecular weight is 312 g/mol. The van der Waals surface area contributed by atoms with Crippen molar-refractivity contribution >= 4 is 16.9 Å². The molecule has 4 aromatic heterocycles. The Morgan fingerprint density at radius 2 is 1.95 bits per heavy atom. The van der Waals surface area contributed by atoms with Crippen molar-refractivity contribution in [3.8, 4) is 17.3 Å². The van der Waals surface area contributed by atoms with Crippen molar-refractivity contribution in [2.75, 3.05) is 0 Å². The Balaban J connectivity index is 2.07. The van der Waals surface area contributed by atoms with E-state index in [1.807, 2.05) is 26.2 Å². The van der Waals surface area contributed by atoms with Crippen molar-refractivity contribution in [1.82, 2.24) is 39.3 Å². The fraction of sp³-hybridized carbons (Fsp3) is 0.231. The molecule has 0 fully saturated rings. The first-order valence-corrected chi connectivity index (χ1v) is 7.53. The van der Waals surface area contributed by atoms with Gasteiger partial charge in [-0.15, -0.1) is 16.4 Å². The minimum Gasteiger partial charge on any atom is -0.238 e. The summed E-state index contributed by atoms with van der Waals surface area (Å²) >= 11 is 1.57. The predicted molar refractivity (Wildman–Crippen MR) is 81.0 cm³/mol. The van der Waals surface area contributed by atoms with Crippen LogP contribution in [0.15, 0.2) is 18.0 Å². The molecule has 0 aromatic carbocycles. The highest BCUT2D eigenvalue weighted by Crippen LogP contribution is 2.23. The lowest BCUT2D eigenvalue weighted by molar-refractivity contribution is 0.798. The molecule has 0 atom stereocenters. The largest absolute Gasteiger partial charge is 0.238 e. The molecule has 0 N–H and O–H groups in total. The third-order valence-corrected chi connectivity index (χ3v) is 4.07. The fourth-order valence-corrected chi connectivity index (χ4v) is 2.95. The molecule has 0 spiro atoms. The summed E-state index contributed by atoms with van der Waals surface area (Å²) in [5.74, 6) is 1.98. The molecule has 0 saturated heterocycles. The molecule has 0 amide bonds. The second-order valence-electron chi connectivity index (χ2n) is 4.86. The number of nitrogens with zero attached hydrogens (tertiary/aromatic N) is 8. The lowest BCUT2D eigenvalue weighted by Gasteiger charge is -2.06. The van der Waals surface area contributed by atoms with Gasteiger partial charge in [0.25, 0.3) is 0 Å². The number of hydrogen-bond acceptors (Lipinski definition) is 7. The van der Waals surface area contributed by atoms with E-state index in [-0.39, 0.29) is 0 Å². The van der Waals surface area contributed by atoms with Gasteiger partial charge in [-0.2, -0.15) is 5.10 Å². The highest BCUT2D eigenvalue weighted by Gasteiger charge is 2.18. The lowest BCUT2D eigenvalue weighted by atomic mass is 10.4. The summed E-state index contributed by atoms with van der Waals surface area (Å²) in [6.45, 7) is 5.80. The SMILES string of the molecule is Cc1nc(-c2nc(-n3cncn3)c3c(C)nc(C)n3n2)cs1. The van der Waals surface area contributed by atoms with Crippen LogP contribution in [0.2, 0.25) is 0 Å².